The van der Waals surface area contributed by atoms with E-state index in [1.807, 2.05) is 30.3 Å². The molecule has 3 heterocycles. The fourth-order valence-electron chi connectivity index (χ4n) is 2.98. The van der Waals surface area contributed by atoms with Crippen LogP contribution in [0.1, 0.15) is 11.3 Å². The van der Waals surface area contributed by atoms with Crippen molar-refractivity contribution in [1.29, 1.82) is 0 Å². The second-order valence-electron chi connectivity index (χ2n) is 6.33. The zero-order valence-corrected chi connectivity index (χ0v) is 15.3. The number of rotatable bonds is 6. The average Bonchev–Trinajstić information content (AvgIpc) is 3.27. The van der Waals surface area contributed by atoms with E-state index in [1.165, 1.54) is 18.7 Å². The summed E-state index contributed by atoms with van der Waals surface area (Å²) in [4.78, 5) is 46.4. The average molecular weight is 391 g/mol. The van der Waals surface area contributed by atoms with Crippen molar-refractivity contribution in [3.05, 3.63) is 93.3 Å². The van der Waals surface area contributed by atoms with E-state index in [4.69, 9.17) is 4.42 Å². The zero-order valence-electron chi connectivity index (χ0n) is 15.3. The third kappa shape index (κ3) is 3.84. The molecule has 4 aromatic rings. The molecular weight excluding hydrogens is 374 g/mol. The first-order chi connectivity index (χ1) is 14.1. The van der Waals surface area contributed by atoms with Crippen molar-refractivity contribution in [2.45, 2.75) is 19.6 Å². The molecule has 0 unspecified atom stereocenters. The van der Waals surface area contributed by atoms with Crippen molar-refractivity contribution >= 4 is 17.1 Å². The molecule has 0 aliphatic heterocycles. The molecule has 0 fully saturated rings. The lowest BCUT2D eigenvalue weighted by atomic mass is 10.2. The van der Waals surface area contributed by atoms with Crippen LogP contribution in [0.3, 0.4) is 0 Å². The molecule has 146 valence electrons. The Balaban J connectivity index is 1.71. The van der Waals surface area contributed by atoms with Gasteiger partial charge < -0.3 is 9.73 Å². The number of benzene rings is 1. The number of furan rings is 1. The summed E-state index contributed by atoms with van der Waals surface area (Å²) < 4.78 is 7.40. The van der Waals surface area contributed by atoms with Gasteiger partial charge in [0.15, 0.2) is 11.2 Å². The molecule has 0 spiro atoms. The van der Waals surface area contributed by atoms with E-state index in [0.29, 0.717) is 5.76 Å². The first-order valence-corrected chi connectivity index (χ1v) is 8.91. The van der Waals surface area contributed by atoms with Crippen molar-refractivity contribution in [1.82, 2.24) is 24.4 Å². The van der Waals surface area contributed by atoms with Gasteiger partial charge >= 0.3 is 5.69 Å². The van der Waals surface area contributed by atoms with Gasteiger partial charge in [0.25, 0.3) is 5.56 Å². The van der Waals surface area contributed by atoms with Crippen molar-refractivity contribution in [3.8, 4) is 0 Å². The van der Waals surface area contributed by atoms with Gasteiger partial charge in [-0.05, 0) is 17.7 Å². The van der Waals surface area contributed by atoms with Crippen LogP contribution in [0.4, 0.5) is 0 Å². The van der Waals surface area contributed by atoms with E-state index >= 15 is 0 Å². The van der Waals surface area contributed by atoms with Gasteiger partial charge in [0.1, 0.15) is 12.3 Å². The van der Waals surface area contributed by atoms with Gasteiger partial charge in [-0.15, -0.1) is 0 Å². The lowest BCUT2D eigenvalue weighted by Crippen LogP contribution is -2.43. The van der Waals surface area contributed by atoms with Crippen LogP contribution in [0.5, 0.6) is 0 Å². The quantitative estimate of drug-likeness (QED) is 0.523. The molecule has 29 heavy (non-hydrogen) atoms. The summed E-state index contributed by atoms with van der Waals surface area (Å²) in [5, 5.41) is 2.68. The summed E-state index contributed by atoms with van der Waals surface area (Å²) in [6.07, 6.45) is 4.26. The third-order valence-corrected chi connectivity index (χ3v) is 4.37. The zero-order chi connectivity index (χ0) is 20.2. The first kappa shape index (κ1) is 18.4. The molecule has 9 nitrogen and oxygen atoms in total. The standard InChI is InChI=1S/C20H17N5O4/c26-16(23-11-15-7-4-10-29-15)13-24-18-17(21-8-9-22-18)19(27)25(20(24)28)12-14-5-2-1-3-6-14/h1-10H,11-13H2,(H,23,26). The Morgan fingerprint density at radius 3 is 2.55 bits per heavy atom. The lowest BCUT2D eigenvalue weighted by molar-refractivity contribution is -0.121. The largest absolute Gasteiger partial charge is 0.467 e. The van der Waals surface area contributed by atoms with E-state index in [2.05, 4.69) is 15.3 Å². The fraction of sp³-hybridized carbons (Fsp3) is 0.150. The van der Waals surface area contributed by atoms with E-state index in [1.54, 1.807) is 12.1 Å². The smallest absolute Gasteiger partial charge is 0.333 e. The Labute approximate surface area is 164 Å². The van der Waals surface area contributed by atoms with Crippen molar-refractivity contribution in [2.24, 2.45) is 0 Å². The minimum atomic E-state index is -0.625. The Morgan fingerprint density at radius 1 is 1.00 bits per heavy atom. The normalized spacial score (nSPS) is 10.9. The number of nitrogens with one attached hydrogen (secondary N) is 1. The number of nitrogens with zero attached hydrogens (tertiary/aromatic N) is 4. The van der Waals surface area contributed by atoms with Crippen LogP contribution in [0.2, 0.25) is 0 Å². The molecule has 1 aromatic carbocycles. The maximum Gasteiger partial charge on any atom is 0.333 e. The van der Waals surface area contributed by atoms with Gasteiger partial charge in [-0.2, -0.15) is 0 Å². The summed E-state index contributed by atoms with van der Waals surface area (Å²) in [5.74, 6) is 0.171. The molecule has 0 aliphatic carbocycles. The predicted octanol–water partition coefficient (Wildman–Crippen LogP) is 0.911. The second kappa shape index (κ2) is 7.93. The van der Waals surface area contributed by atoms with E-state index in [9.17, 15) is 14.4 Å². The molecule has 1 amide bonds. The molecule has 0 aliphatic rings. The number of carbonyl (C=O) groups excluding carboxylic acids is 1. The number of hydrogen-bond acceptors (Lipinski definition) is 6. The van der Waals surface area contributed by atoms with Gasteiger partial charge in [0.2, 0.25) is 5.91 Å². The highest BCUT2D eigenvalue weighted by Gasteiger charge is 2.17. The molecule has 9 heteroatoms. The number of hydrogen-bond donors (Lipinski definition) is 1. The molecule has 0 radical (unpaired) electrons. The first-order valence-electron chi connectivity index (χ1n) is 8.91. The van der Waals surface area contributed by atoms with Crippen LogP contribution < -0.4 is 16.6 Å². The summed E-state index contributed by atoms with van der Waals surface area (Å²) in [7, 11) is 0. The molecule has 0 atom stereocenters. The van der Waals surface area contributed by atoms with Crippen LogP contribution in [0.25, 0.3) is 11.2 Å². The van der Waals surface area contributed by atoms with Crippen LogP contribution in [0, 0.1) is 0 Å². The van der Waals surface area contributed by atoms with Crippen molar-refractivity contribution < 1.29 is 9.21 Å². The molecular formula is C20H17N5O4. The Bertz CT molecular complexity index is 1260. The Morgan fingerprint density at radius 2 is 1.79 bits per heavy atom. The van der Waals surface area contributed by atoms with Gasteiger partial charge in [0.05, 0.1) is 19.4 Å². The van der Waals surface area contributed by atoms with Crippen LogP contribution in [0.15, 0.2) is 75.1 Å². The molecule has 4 rings (SSSR count). The molecule has 3 aromatic heterocycles. The number of carbonyl (C=O) groups is 1. The monoisotopic (exact) mass is 391 g/mol. The van der Waals surface area contributed by atoms with Crippen molar-refractivity contribution in [2.75, 3.05) is 0 Å². The highest BCUT2D eigenvalue weighted by Crippen LogP contribution is 2.04. The SMILES string of the molecule is O=C(Cn1c(=O)n(Cc2ccccc2)c(=O)c2nccnc21)NCc1ccco1. The summed E-state index contributed by atoms with van der Waals surface area (Å²) in [5.41, 5.74) is -0.292. The summed E-state index contributed by atoms with van der Waals surface area (Å²) in [6.45, 7) is -0.0450. The predicted molar refractivity (Wildman–Crippen MR) is 104 cm³/mol. The Kier molecular flexibility index (Phi) is 5.02. The van der Waals surface area contributed by atoms with Crippen LogP contribution in [-0.2, 0) is 24.4 Å². The Hall–Kier alpha value is -4.01. The van der Waals surface area contributed by atoms with Crippen LogP contribution in [-0.4, -0.2) is 25.0 Å². The molecule has 1 N–H and O–H groups in total. The molecule has 0 bridgehead atoms. The van der Waals surface area contributed by atoms with E-state index in [-0.39, 0.29) is 30.8 Å². The van der Waals surface area contributed by atoms with Gasteiger partial charge in [0, 0.05) is 12.4 Å². The third-order valence-electron chi connectivity index (χ3n) is 4.37. The van der Waals surface area contributed by atoms with Gasteiger partial charge in [-0.1, -0.05) is 30.3 Å². The molecule has 0 saturated carbocycles. The highest BCUT2D eigenvalue weighted by atomic mass is 16.3. The fourth-order valence-corrected chi connectivity index (χ4v) is 2.98. The molecule has 0 saturated heterocycles. The van der Waals surface area contributed by atoms with Crippen molar-refractivity contribution in [3.63, 3.8) is 0 Å². The van der Waals surface area contributed by atoms with E-state index < -0.39 is 17.2 Å². The summed E-state index contributed by atoms with van der Waals surface area (Å²) in [6, 6.07) is 12.6. The number of aromatic nitrogens is 4. The van der Waals surface area contributed by atoms with E-state index in [0.717, 1.165) is 14.7 Å². The maximum absolute atomic E-state index is 13.0. The van der Waals surface area contributed by atoms with Crippen LogP contribution >= 0.6 is 0 Å². The van der Waals surface area contributed by atoms with Gasteiger partial charge in [-0.3, -0.25) is 18.7 Å². The topological polar surface area (TPSA) is 112 Å². The number of amides is 1. The maximum atomic E-state index is 13.0. The lowest BCUT2D eigenvalue weighted by Gasteiger charge is -2.13. The number of fused-ring (bicyclic) bond motifs is 1. The minimum Gasteiger partial charge on any atom is -0.467 e. The minimum absolute atomic E-state index is 0.0295. The second-order valence-corrected chi connectivity index (χ2v) is 6.33. The highest BCUT2D eigenvalue weighted by molar-refractivity contribution is 5.78. The summed E-state index contributed by atoms with van der Waals surface area (Å²) >= 11 is 0. The van der Waals surface area contributed by atoms with Gasteiger partial charge in [-0.25, -0.2) is 14.8 Å².